The highest BCUT2D eigenvalue weighted by molar-refractivity contribution is 5.96. The van der Waals surface area contributed by atoms with Crippen molar-refractivity contribution in [1.29, 1.82) is 0 Å². The first-order chi connectivity index (χ1) is 11.0. The van der Waals surface area contributed by atoms with E-state index in [9.17, 15) is 9.59 Å². The number of hydrogen-bond acceptors (Lipinski definition) is 4. The Morgan fingerprint density at radius 3 is 2.61 bits per heavy atom. The Balaban J connectivity index is 2.11. The monoisotopic (exact) mass is 323 g/mol. The van der Waals surface area contributed by atoms with Gasteiger partial charge in [-0.1, -0.05) is 6.92 Å². The van der Waals surface area contributed by atoms with Gasteiger partial charge in [0, 0.05) is 25.5 Å². The van der Waals surface area contributed by atoms with E-state index in [-0.39, 0.29) is 18.5 Å². The molecule has 1 aromatic heterocycles. The molecule has 1 atom stereocenters. The van der Waals surface area contributed by atoms with Crippen LogP contribution in [0.5, 0.6) is 0 Å². The van der Waals surface area contributed by atoms with Crippen LogP contribution in [-0.2, 0) is 9.53 Å². The summed E-state index contributed by atoms with van der Waals surface area (Å²) < 4.78 is 7.29. The molecular formula is C16H25N3O4. The minimum Gasteiger partial charge on any atom is -0.481 e. The van der Waals surface area contributed by atoms with Gasteiger partial charge in [0.25, 0.3) is 5.91 Å². The highest BCUT2D eigenvalue weighted by atomic mass is 16.5. The molecule has 1 aliphatic rings. The van der Waals surface area contributed by atoms with Crippen molar-refractivity contribution in [1.82, 2.24) is 15.1 Å². The summed E-state index contributed by atoms with van der Waals surface area (Å²) in [4.78, 5) is 23.5. The van der Waals surface area contributed by atoms with Crippen molar-refractivity contribution in [3.05, 3.63) is 17.0 Å². The Kier molecular flexibility index (Phi) is 5.76. The summed E-state index contributed by atoms with van der Waals surface area (Å²) in [7, 11) is 0. The Bertz CT molecular complexity index is 576. The highest BCUT2D eigenvalue weighted by Gasteiger charge is 2.25. The summed E-state index contributed by atoms with van der Waals surface area (Å²) in [5, 5.41) is 16.3. The number of amides is 1. The molecule has 1 aliphatic heterocycles. The van der Waals surface area contributed by atoms with Crippen LogP contribution < -0.4 is 5.32 Å². The maximum absolute atomic E-state index is 12.4. The number of carboxylic acids is 1. The lowest BCUT2D eigenvalue weighted by molar-refractivity contribution is -0.141. The van der Waals surface area contributed by atoms with Crippen LogP contribution in [0.1, 0.15) is 54.0 Å². The number of rotatable bonds is 6. The molecule has 0 bridgehead atoms. The first kappa shape index (κ1) is 17.5. The number of carbonyl (C=O) groups is 2. The van der Waals surface area contributed by atoms with E-state index in [1.807, 2.05) is 18.5 Å². The molecule has 1 unspecified atom stereocenters. The fourth-order valence-corrected chi connectivity index (χ4v) is 2.99. The van der Waals surface area contributed by atoms with Crippen molar-refractivity contribution in [2.24, 2.45) is 5.92 Å². The second kappa shape index (κ2) is 7.59. The molecule has 0 aromatic carbocycles. The molecule has 128 valence electrons. The largest absolute Gasteiger partial charge is 0.481 e. The maximum atomic E-state index is 12.4. The van der Waals surface area contributed by atoms with Gasteiger partial charge in [0.2, 0.25) is 0 Å². The quantitative estimate of drug-likeness (QED) is 0.831. The van der Waals surface area contributed by atoms with Gasteiger partial charge >= 0.3 is 5.97 Å². The fraction of sp³-hybridized carbons (Fsp3) is 0.688. The van der Waals surface area contributed by atoms with E-state index >= 15 is 0 Å². The third-order valence-electron chi connectivity index (χ3n) is 4.44. The van der Waals surface area contributed by atoms with Crippen molar-refractivity contribution in [3.8, 4) is 0 Å². The number of hydrogen-bond donors (Lipinski definition) is 2. The maximum Gasteiger partial charge on any atom is 0.308 e. The van der Waals surface area contributed by atoms with E-state index in [1.165, 1.54) is 0 Å². The topological polar surface area (TPSA) is 93.5 Å². The van der Waals surface area contributed by atoms with Gasteiger partial charge in [-0.15, -0.1) is 0 Å². The van der Waals surface area contributed by atoms with E-state index in [0.717, 1.165) is 18.5 Å². The van der Waals surface area contributed by atoms with E-state index in [4.69, 9.17) is 9.84 Å². The molecule has 0 aliphatic carbocycles. The number of carbonyl (C=O) groups excluding carboxylic acids is 1. The van der Waals surface area contributed by atoms with Crippen LogP contribution in [0.2, 0.25) is 0 Å². The molecule has 7 nitrogen and oxygen atoms in total. The summed E-state index contributed by atoms with van der Waals surface area (Å²) in [6.07, 6.45) is 2.26. The van der Waals surface area contributed by atoms with E-state index in [1.54, 1.807) is 6.92 Å². The van der Waals surface area contributed by atoms with Crippen LogP contribution in [0.25, 0.3) is 0 Å². The zero-order valence-corrected chi connectivity index (χ0v) is 14.0. The second-order valence-corrected chi connectivity index (χ2v) is 5.99. The normalized spacial score (nSPS) is 17.0. The Hall–Kier alpha value is -1.89. The molecule has 1 aromatic rings. The lowest BCUT2D eigenvalue weighted by Crippen LogP contribution is -2.33. The van der Waals surface area contributed by atoms with Crippen molar-refractivity contribution in [2.45, 2.75) is 46.1 Å². The lowest BCUT2D eigenvalue weighted by atomic mass is 10.1. The number of nitrogens with zero attached hydrogens (tertiary/aromatic N) is 2. The summed E-state index contributed by atoms with van der Waals surface area (Å²) in [6.45, 7) is 7.05. The van der Waals surface area contributed by atoms with Crippen molar-refractivity contribution in [2.75, 3.05) is 19.8 Å². The van der Waals surface area contributed by atoms with Gasteiger partial charge in [-0.25, -0.2) is 0 Å². The third kappa shape index (κ3) is 3.90. The van der Waals surface area contributed by atoms with E-state index in [2.05, 4.69) is 10.4 Å². The summed E-state index contributed by atoms with van der Waals surface area (Å²) in [5.41, 5.74) is 2.06. The van der Waals surface area contributed by atoms with E-state index < -0.39 is 11.9 Å². The van der Waals surface area contributed by atoms with E-state index in [0.29, 0.717) is 30.9 Å². The number of aliphatic carboxylic acids is 1. The Labute approximate surface area is 136 Å². The Morgan fingerprint density at radius 1 is 1.39 bits per heavy atom. The van der Waals surface area contributed by atoms with Gasteiger partial charge < -0.3 is 15.2 Å². The zero-order valence-electron chi connectivity index (χ0n) is 14.0. The number of aromatic nitrogens is 2. The minimum absolute atomic E-state index is 0.131. The number of carboxylic acid groups (broad SMARTS) is 1. The molecule has 2 N–H and O–H groups in total. The number of nitrogens with one attached hydrogen (secondary N) is 1. The molecule has 23 heavy (non-hydrogen) atoms. The minimum atomic E-state index is -0.890. The van der Waals surface area contributed by atoms with Gasteiger partial charge in [0.1, 0.15) is 0 Å². The van der Waals surface area contributed by atoms with Crippen molar-refractivity contribution in [3.63, 3.8) is 0 Å². The highest BCUT2D eigenvalue weighted by Crippen LogP contribution is 2.24. The molecule has 0 spiro atoms. The SMILES string of the molecule is CCC(CNC(=O)c1c(C)nn(C2CCOCC2)c1C)C(=O)O. The van der Waals surface area contributed by atoms with Crippen LogP contribution in [0.4, 0.5) is 0 Å². The molecule has 0 saturated carbocycles. The molecule has 1 fully saturated rings. The van der Waals surface area contributed by atoms with Gasteiger partial charge in [0.05, 0.1) is 23.2 Å². The second-order valence-electron chi connectivity index (χ2n) is 5.99. The fourth-order valence-electron chi connectivity index (χ4n) is 2.99. The molecular weight excluding hydrogens is 298 g/mol. The van der Waals surface area contributed by atoms with Crippen LogP contribution in [0, 0.1) is 19.8 Å². The predicted molar refractivity (Wildman–Crippen MR) is 84.5 cm³/mol. The number of ether oxygens (including phenoxy) is 1. The van der Waals surface area contributed by atoms with Crippen LogP contribution >= 0.6 is 0 Å². The lowest BCUT2D eigenvalue weighted by Gasteiger charge is -2.23. The molecule has 1 amide bonds. The standard InChI is InChI=1S/C16H25N3O4/c1-4-12(16(21)22)9-17-15(20)14-10(2)18-19(11(14)3)13-5-7-23-8-6-13/h12-13H,4-9H2,1-3H3,(H,17,20)(H,21,22). The first-order valence-corrected chi connectivity index (χ1v) is 8.10. The van der Waals surface area contributed by atoms with Crippen LogP contribution in [-0.4, -0.2) is 46.5 Å². The average molecular weight is 323 g/mol. The Morgan fingerprint density at radius 2 is 2.04 bits per heavy atom. The van der Waals surface area contributed by atoms with Crippen LogP contribution in [0.15, 0.2) is 0 Å². The smallest absolute Gasteiger partial charge is 0.308 e. The average Bonchev–Trinajstić information content (AvgIpc) is 2.83. The molecule has 7 heteroatoms. The molecule has 2 rings (SSSR count). The predicted octanol–water partition coefficient (Wildman–Crippen LogP) is 1.69. The summed E-state index contributed by atoms with van der Waals surface area (Å²) in [5.74, 6) is -1.71. The van der Waals surface area contributed by atoms with Gasteiger partial charge in [-0.2, -0.15) is 5.10 Å². The molecule has 0 radical (unpaired) electrons. The van der Waals surface area contributed by atoms with Gasteiger partial charge in [0.15, 0.2) is 0 Å². The van der Waals surface area contributed by atoms with Crippen LogP contribution in [0.3, 0.4) is 0 Å². The molecule has 2 heterocycles. The summed E-state index contributed by atoms with van der Waals surface area (Å²) in [6, 6.07) is 0.256. The summed E-state index contributed by atoms with van der Waals surface area (Å²) >= 11 is 0. The van der Waals surface area contributed by atoms with Crippen molar-refractivity contribution < 1.29 is 19.4 Å². The first-order valence-electron chi connectivity index (χ1n) is 8.10. The third-order valence-corrected chi connectivity index (χ3v) is 4.44. The van der Waals surface area contributed by atoms with Gasteiger partial charge in [-0.3, -0.25) is 14.3 Å². The molecule has 1 saturated heterocycles. The van der Waals surface area contributed by atoms with Gasteiger partial charge in [-0.05, 0) is 33.1 Å². The number of aryl methyl sites for hydroxylation is 1. The zero-order chi connectivity index (χ0) is 17.0. The van der Waals surface area contributed by atoms with Crippen molar-refractivity contribution >= 4 is 11.9 Å².